The number of esters is 1. The van der Waals surface area contributed by atoms with Crippen LogP contribution in [0, 0.1) is 17.3 Å². The number of aliphatic hydroxyl groups is 1. The van der Waals surface area contributed by atoms with Gasteiger partial charge < -0.3 is 24.4 Å². The van der Waals surface area contributed by atoms with E-state index in [1.54, 1.807) is 24.8 Å². The molecule has 0 radical (unpaired) electrons. The highest BCUT2D eigenvalue weighted by Gasteiger charge is 2.75. The first-order valence-corrected chi connectivity index (χ1v) is 12.5. The van der Waals surface area contributed by atoms with E-state index < -0.39 is 47.1 Å². The lowest BCUT2D eigenvalue weighted by Crippen LogP contribution is -2.62. The first-order chi connectivity index (χ1) is 15.8. The summed E-state index contributed by atoms with van der Waals surface area (Å²) < 4.78 is 11.7. The minimum absolute atomic E-state index is 0.0368. The molecule has 6 atom stereocenters. The zero-order chi connectivity index (χ0) is 25.6. The van der Waals surface area contributed by atoms with E-state index in [0.717, 1.165) is 6.42 Å². The maximum absolute atomic E-state index is 14.4. The lowest BCUT2D eigenvalue weighted by atomic mass is 9.70. The van der Waals surface area contributed by atoms with Gasteiger partial charge in [0, 0.05) is 12.1 Å². The number of carbonyl (C=O) groups is 3. The number of carbonyl (C=O) groups excluding carboxylic acids is 3. The molecule has 0 aromatic carbocycles. The van der Waals surface area contributed by atoms with Crippen molar-refractivity contribution in [2.24, 2.45) is 17.3 Å². The maximum Gasteiger partial charge on any atom is 0.312 e. The van der Waals surface area contributed by atoms with Crippen LogP contribution in [0.25, 0.3) is 0 Å². The van der Waals surface area contributed by atoms with Crippen LogP contribution in [0.2, 0.25) is 0 Å². The van der Waals surface area contributed by atoms with Gasteiger partial charge in [0.15, 0.2) is 0 Å². The van der Waals surface area contributed by atoms with E-state index >= 15 is 0 Å². The second kappa shape index (κ2) is 9.26. The summed E-state index contributed by atoms with van der Waals surface area (Å²) in [4.78, 5) is 44.3. The molecule has 0 aromatic rings. The minimum atomic E-state index is -1.10. The van der Waals surface area contributed by atoms with Gasteiger partial charge in [-0.2, -0.15) is 0 Å². The van der Waals surface area contributed by atoms with Crippen molar-refractivity contribution in [3.63, 3.8) is 0 Å². The fourth-order valence-corrected chi connectivity index (χ4v) is 6.74. The van der Waals surface area contributed by atoms with Crippen molar-refractivity contribution in [3.05, 3.63) is 12.7 Å². The molecule has 0 saturated carbocycles. The number of rotatable bonds is 9. The van der Waals surface area contributed by atoms with E-state index in [2.05, 4.69) is 27.4 Å². The van der Waals surface area contributed by atoms with Crippen LogP contribution in [-0.4, -0.2) is 81.8 Å². The number of ether oxygens (including phenoxy) is 2. The van der Waals surface area contributed by atoms with Crippen LogP contribution in [-0.2, 0) is 23.9 Å². The van der Waals surface area contributed by atoms with Gasteiger partial charge in [-0.25, -0.2) is 0 Å². The number of likely N-dealkylation sites (tertiary alicyclic amines) is 1. The van der Waals surface area contributed by atoms with Gasteiger partial charge in [0.2, 0.25) is 11.8 Å². The molecule has 2 amide bonds. The summed E-state index contributed by atoms with van der Waals surface area (Å²) in [5, 5.41) is 9.99. The Kier molecular flexibility index (Phi) is 7.27. The third kappa shape index (κ3) is 4.28. The Bertz CT molecular complexity index is 834. The monoisotopic (exact) mass is 478 g/mol. The Balaban J connectivity index is 2.08. The molecule has 0 aromatic heterocycles. The topological polar surface area (TPSA) is 96.4 Å². The highest BCUT2D eigenvalue weighted by molar-refractivity contribution is 5.98. The number of amides is 2. The lowest BCUT2D eigenvalue weighted by molar-refractivity contribution is -0.157. The smallest absolute Gasteiger partial charge is 0.312 e. The fourth-order valence-electron chi connectivity index (χ4n) is 6.74. The average molecular weight is 479 g/mol. The number of hydrogen-bond donors (Lipinski definition) is 1. The first-order valence-electron chi connectivity index (χ1n) is 12.5. The van der Waals surface area contributed by atoms with Crippen LogP contribution >= 0.6 is 0 Å². The van der Waals surface area contributed by atoms with E-state index in [-0.39, 0.29) is 30.4 Å². The third-order valence-corrected chi connectivity index (χ3v) is 7.54. The summed E-state index contributed by atoms with van der Waals surface area (Å²) in [6.45, 7) is 18.0. The molecule has 3 rings (SSSR count). The molecular formula is C26H42N2O6. The SMILES string of the molecule is C=CCN(C(=O)[C@@H]1N([C@H](C)CO)C(=O)[C@H]2[C@H](C(=O)OCC)[C@@H]3CC[C@]12O3)C(C)(C)CC(C)(C)C. The van der Waals surface area contributed by atoms with Crippen LogP contribution in [0.15, 0.2) is 12.7 Å². The molecule has 3 aliphatic rings. The molecule has 3 aliphatic heterocycles. The number of nitrogens with zero attached hydrogens (tertiary/aromatic N) is 2. The number of fused-ring (bicyclic) bond motifs is 1. The van der Waals surface area contributed by atoms with E-state index in [4.69, 9.17) is 9.47 Å². The largest absolute Gasteiger partial charge is 0.466 e. The molecule has 3 saturated heterocycles. The molecule has 8 heteroatoms. The Morgan fingerprint density at radius 3 is 2.53 bits per heavy atom. The van der Waals surface area contributed by atoms with Crippen LogP contribution < -0.4 is 0 Å². The highest BCUT2D eigenvalue weighted by atomic mass is 16.6. The highest BCUT2D eigenvalue weighted by Crippen LogP contribution is 2.59. The Morgan fingerprint density at radius 2 is 2.00 bits per heavy atom. The second-order valence-electron chi connectivity index (χ2n) is 11.9. The molecule has 3 fully saturated rings. The molecule has 34 heavy (non-hydrogen) atoms. The molecule has 8 nitrogen and oxygen atoms in total. The third-order valence-electron chi connectivity index (χ3n) is 7.54. The van der Waals surface area contributed by atoms with Crippen molar-refractivity contribution in [1.82, 2.24) is 9.80 Å². The molecule has 192 valence electrons. The minimum Gasteiger partial charge on any atom is -0.466 e. The quantitative estimate of drug-likeness (QED) is 0.404. The summed E-state index contributed by atoms with van der Waals surface area (Å²) in [5.74, 6) is -2.51. The first kappa shape index (κ1) is 26.7. The zero-order valence-electron chi connectivity index (χ0n) is 21.8. The average Bonchev–Trinajstić information content (AvgIpc) is 3.36. The lowest BCUT2D eigenvalue weighted by Gasteiger charge is -2.46. The molecule has 3 heterocycles. The standard InChI is InChI=1S/C26H42N2O6/c1-9-13-27(25(7,8)15-24(4,5)6)22(31)20-26-12-11-17(34-26)18(23(32)33-10-2)19(26)21(30)28(20)16(3)14-29/h9,16-20,29H,1,10-15H2,2-8H3/t16-,17+,18-,19-,20+,26-/m1/s1. The Labute approximate surface area is 203 Å². The van der Waals surface area contributed by atoms with Crippen molar-refractivity contribution in [3.8, 4) is 0 Å². The normalized spacial score (nSPS) is 31.4. The predicted molar refractivity (Wildman–Crippen MR) is 128 cm³/mol. The van der Waals surface area contributed by atoms with E-state index in [1.165, 1.54) is 4.90 Å². The second-order valence-corrected chi connectivity index (χ2v) is 11.9. The maximum atomic E-state index is 14.4. The van der Waals surface area contributed by atoms with Crippen LogP contribution in [0.1, 0.15) is 67.7 Å². The molecular weight excluding hydrogens is 436 g/mol. The molecule has 1 N–H and O–H groups in total. The van der Waals surface area contributed by atoms with Gasteiger partial charge in [0.25, 0.3) is 0 Å². The van der Waals surface area contributed by atoms with Gasteiger partial charge in [-0.1, -0.05) is 26.8 Å². The number of hydrogen-bond acceptors (Lipinski definition) is 6. The summed E-state index contributed by atoms with van der Waals surface area (Å²) in [6, 6.07) is -1.51. The Hall–Kier alpha value is -1.93. The van der Waals surface area contributed by atoms with Gasteiger partial charge in [0.1, 0.15) is 11.6 Å². The predicted octanol–water partition coefficient (Wildman–Crippen LogP) is 2.53. The van der Waals surface area contributed by atoms with Gasteiger partial charge >= 0.3 is 5.97 Å². The fraction of sp³-hybridized carbons (Fsp3) is 0.808. The van der Waals surface area contributed by atoms with E-state index in [9.17, 15) is 19.5 Å². The molecule has 0 aliphatic carbocycles. The van der Waals surface area contributed by atoms with Crippen molar-refractivity contribution in [1.29, 1.82) is 0 Å². The van der Waals surface area contributed by atoms with E-state index in [1.807, 2.05) is 13.8 Å². The van der Waals surface area contributed by atoms with Crippen molar-refractivity contribution in [2.45, 2.75) is 97.1 Å². The summed E-state index contributed by atoms with van der Waals surface area (Å²) in [5.41, 5.74) is -1.66. The summed E-state index contributed by atoms with van der Waals surface area (Å²) >= 11 is 0. The molecule has 1 spiro atoms. The molecule has 0 unspecified atom stereocenters. The van der Waals surface area contributed by atoms with Crippen LogP contribution in [0.3, 0.4) is 0 Å². The van der Waals surface area contributed by atoms with Crippen LogP contribution in [0.4, 0.5) is 0 Å². The number of aliphatic hydroxyl groups excluding tert-OH is 1. The molecule has 2 bridgehead atoms. The Morgan fingerprint density at radius 1 is 1.35 bits per heavy atom. The van der Waals surface area contributed by atoms with Crippen molar-refractivity contribution < 1.29 is 29.0 Å². The summed E-state index contributed by atoms with van der Waals surface area (Å²) in [6.07, 6.45) is 3.09. The van der Waals surface area contributed by atoms with Gasteiger partial charge in [0.05, 0.1) is 37.2 Å². The van der Waals surface area contributed by atoms with Gasteiger partial charge in [-0.05, 0) is 52.4 Å². The van der Waals surface area contributed by atoms with Crippen molar-refractivity contribution >= 4 is 17.8 Å². The van der Waals surface area contributed by atoms with E-state index in [0.29, 0.717) is 19.4 Å². The van der Waals surface area contributed by atoms with Crippen molar-refractivity contribution in [2.75, 3.05) is 19.8 Å². The summed E-state index contributed by atoms with van der Waals surface area (Å²) in [7, 11) is 0. The van der Waals surface area contributed by atoms with Gasteiger partial charge in [-0.3, -0.25) is 14.4 Å². The van der Waals surface area contributed by atoms with Crippen LogP contribution in [0.5, 0.6) is 0 Å². The van der Waals surface area contributed by atoms with Gasteiger partial charge in [-0.15, -0.1) is 6.58 Å². The zero-order valence-corrected chi connectivity index (χ0v) is 21.8.